The van der Waals surface area contributed by atoms with Gasteiger partial charge < -0.3 is 14.6 Å². The number of likely N-dealkylation sites (tertiary alicyclic amines) is 1. The van der Waals surface area contributed by atoms with Gasteiger partial charge in [0, 0.05) is 55.6 Å². The molecule has 162 valence electrons. The summed E-state index contributed by atoms with van der Waals surface area (Å²) in [4.78, 5) is 45.6. The summed E-state index contributed by atoms with van der Waals surface area (Å²) in [6, 6.07) is 7.82. The molecule has 1 atom stereocenters. The average molecular weight is 433 g/mol. The molecule has 10 heteroatoms. The van der Waals surface area contributed by atoms with E-state index in [1.165, 1.54) is 53.7 Å². The number of nitro benzene ring substituents is 1. The number of aryl methyl sites for hydroxylation is 1. The van der Waals surface area contributed by atoms with Gasteiger partial charge in [0.15, 0.2) is 0 Å². The van der Waals surface area contributed by atoms with E-state index < -0.39 is 22.7 Å². The maximum absolute atomic E-state index is 12.9. The number of ketones is 1. The minimum Gasteiger partial charge on any atom is -0.507 e. The number of carbonyl (C=O) groups excluding carboxylic acids is 2. The van der Waals surface area contributed by atoms with E-state index in [0.717, 1.165) is 0 Å². The summed E-state index contributed by atoms with van der Waals surface area (Å²) in [5.41, 5.74) is 0.675. The molecule has 32 heavy (non-hydrogen) atoms. The number of aliphatic hydroxyl groups is 1. The quantitative estimate of drug-likeness (QED) is 0.199. The molecule has 3 aromatic rings. The molecule has 0 bridgehead atoms. The number of benzene rings is 1. The first-order chi connectivity index (χ1) is 15.5. The van der Waals surface area contributed by atoms with Crippen molar-refractivity contribution in [3.63, 3.8) is 0 Å². The van der Waals surface area contributed by atoms with Crippen LogP contribution in [0, 0.1) is 10.1 Å². The van der Waals surface area contributed by atoms with Crippen LogP contribution in [0.25, 0.3) is 5.76 Å². The van der Waals surface area contributed by atoms with Crippen LogP contribution in [0.3, 0.4) is 0 Å². The highest BCUT2D eigenvalue weighted by molar-refractivity contribution is 6.46. The van der Waals surface area contributed by atoms with Gasteiger partial charge in [-0.25, -0.2) is 4.98 Å². The van der Waals surface area contributed by atoms with E-state index in [9.17, 15) is 24.8 Å². The lowest BCUT2D eigenvalue weighted by atomic mass is 9.95. The Morgan fingerprint density at radius 1 is 1.03 bits per heavy atom. The first-order valence-electron chi connectivity index (χ1n) is 9.86. The van der Waals surface area contributed by atoms with Gasteiger partial charge in [-0.1, -0.05) is 0 Å². The number of carbonyl (C=O) groups is 2. The van der Waals surface area contributed by atoms with Crippen LogP contribution in [0.5, 0.6) is 0 Å². The molecule has 1 N–H and O–H groups in total. The maximum atomic E-state index is 12.9. The van der Waals surface area contributed by atoms with Crippen LogP contribution in [0.4, 0.5) is 5.69 Å². The van der Waals surface area contributed by atoms with E-state index in [2.05, 4.69) is 9.97 Å². The van der Waals surface area contributed by atoms with Crippen molar-refractivity contribution in [2.75, 3.05) is 6.54 Å². The summed E-state index contributed by atoms with van der Waals surface area (Å²) in [6.07, 6.45) is 8.59. The van der Waals surface area contributed by atoms with Crippen molar-refractivity contribution in [3.8, 4) is 0 Å². The lowest BCUT2D eigenvalue weighted by molar-refractivity contribution is -0.384. The van der Waals surface area contributed by atoms with Crippen molar-refractivity contribution in [2.45, 2.75) is 19.0 Å². The zero-order valence-corrected chi connectivity index (χ0v) is 16.9. The van der Waals surface area contributed by atoms with Gasteiger partial charge in [0.25, 0.3) is 17.4 Å². The second kappa shape index (κ2) is 8.80. The summed E-state index contributed by atoms with van der Waals surface area (Å²) in [5, 5.41) is 21.9. The molecule has 1 amide bonds. The smallest absolute Gasteiger partial charge is 0.295 e. The summed E-state index contributed by atoms with van der Waals surface area (Å²) >= 11 is 0. The molecule has 4 rings (SSSR count). The molecule has 1 aromatic carbocycles. The minimum absolute atomic E-state index is 0.0577. The molecule has 10 nitrogen and oxygen atoms in total. The van der Waals surface area contributed by atoms with Crippen LogP contribution >= 0.6 is 0 Å². The Morgan fingerprint density at radius 2 is 1.75 bits per heavy atom. The van der Waals surface area contributed by atoms with Crippen LogP contribution in [-0.2, 0) is 16.1 Å². The number of non-ortho nitro benzene ring substituents is 1. The zero-order chi connectivity index (χ0) is 22.7. The Hall–Kier alpha value is -4.34. The molecule has 1 aliphatic rings. The SMILES string of the molecule is O=C1C(=O)N(CCCn2ccnc2)C(c2ccc([N+](=O)[O-])cc2)C1=C(O)c1ccncc1. The van der Waals surface area contributed by atoms with Crippen LogP contribution in [0.1, 0.15) is 23.6 Å². The number of hydrogen-bond acceptors (Lipinski definition) is 7. The standard InChI is InChI=1S/C22H19N5O5/c28-20(16-6-8-23-9-7-16)18-19(15-2-4-17(5-3-15)27(31)32)26(22(30)21(18)29)12-1-11-25-13-10-24-14-25/h2-10,13-14,19,28H,1,11-12H2. The molecule has 2 aromatic heterocycles. The molecule has 1 unspecified atom stereocenters. The highest BCUT2D eigenvalue weighted by atomic mass is 16.6. The summed E-state index contributed by atoms with van der Waals surface area (Å²) in [5.74, 6) is -1.84. The summed E-state index contributed by atoms with van der Waals surface area (Å²) in [6.45, 7) is 0.831. The highest BCUT2D eigenvalue weighted by Gasteiger charge is 2.45. The molecule has 0 saturated carbocycles. The van der Waals surface area contributed by atoms with Gasteiger partial charge in [0.05, 0.1) is 22.9 Å². The van der Waals surface area contributed by atoms with Crippen molar-refractivity contribution in [3.05, 3.63) is 94.3 Å². The first kappa shape index (κ1) is 20.9. The highest BCUT2D eigenvalue weighted by Crippen LogP contribution is 2.39. The summed E-state index contributed by atoms with van der Waals surface area (Å²) < 4.78 is 1.86. The monoisotopic (exact) mass is 433 g/mol. The topological polar surface area (TPSA) is 131 Å². The van der Waals surface area contributed by atoms with E-state index >= 15 is 0 Å². The number of Topliss-reactive ketones (excluding diaryl/α,β-unsaturated/α-hetero) is 1. The first-order valence-corrected chi connectivity index (χ1v) is 9.86. The second-order valence-corrected chi connectivity index (χ2v) is 7.23. The van der Waals surface area contributed by atoms with Crippen molar-refractivity contribution < 1.29 is 19.6 Å². The number of hydrogen-bond donors (Lipinski definition) is 1. The molecule has 1 aliphatic heterocycles. The number of aliphatic hydroxyl groups excluding tert-OH is 1. The third-order valence-electron chi connectivity index (χ3n) is 5.29. The number of nitrogens with zero attached hydrogens (tertiary/aromatic N) is 5. The number of pyridine rings is 1. The number of nitro groups is 1. The molecule has 1 fully saturated rings. The van der Waals surface area contributed by atoms with Gasteiger partial charge in [-0.2, -0.15) is 0 Å². The van der Waals surface area contributed by atoms with Gasteiger partial charge in [-0.3, -0.25) is 24.7 Å². The van der Waals surface area contributed by atoms with E-state index in [-0.39, 0.29) is 23.6 Å². The van der Waals surface area contributed by atoms with E-state index in [1.54, 1.807) is 18.7 Å². The Labute approximate surface area is 182 Å². The lowest BCUT2D eigenvalue weighted by Crippen LogP contribution is -2.31. The molecule has 0 radical (unpaired) electrons. The minimum atomic E-state index is -0.869. The fourth-order valence-electron chi connectivity index (χ4n) is 3.74. The summed E-state index contributed by atoms with van der Waals surface area (Å²) in [7, 11) is 0. The van der Waals surface area contributed by atoms with Crippen LogP contribution in [-0.4, -0.2) is 47.7 Å². The van der Waals surface area contributed by atoms with Gasteiger partial charge in [-0.15, -0.1) is 0 Å². The van der Waals surface area contributed by atoms with Crippen LogP contribution in [0.15, 0.2) is 73.1 Å². The van der Waals surface area contributed by atoms with Crippen LogP contribution in [0.2, 0.25) is 0 Å². The fourth-order valence-corrected chi connectivity index (χ4v) is 3.74. The third kappa shape index (κ3) is 3.97. The lowest BCUT2D eigenvalue weighted by Gasteiger charge is -2.25. The van der Waals surface area contributed by atoms with E-state index in [4.69, 9.17) is 0 Å². The van der Waals surface area contributed by atoms with Gasteiger partial charge in [-0.05, 0) is 36.2 Å². The Morgan fingerprint density at radius 3 is 2.38 bits per heavy atom. The number of imidazole rings is 1. The Kier molecular flexibility index (Phi) is 5.75. The van der Waals surface area contributed by atoms with Gasteiger partial charge in [0.2, 0.25) is 0 Å². The third-order valence-corrected chi connectivity index (χ3v) is 5.29. The predicted octanol–water partition coefficient (Wildman–Crippen LogP) is 2.70. The zero-order valence-electron chi connectivity index (χ0n) is 16.9. The fraction of sp³-hybridized carbons (Fsp3) is 0.182. The van der Waals surface area contributed by atoms with Crippen molar-refractivity contribution in [2.24, 2.45) is 0 Å². The molecule has 3 heterocycles. The molecule has 0 aliphatic carbocycles. The largest absolute Gasteiger partial charge is 0.507 e. The second-order valence-electron chi connectivity index (χ2n) is 7.23. The Balaban J connectivity index is 1.73. The Bertz CT molecular complexity index is 1170. The molecule has 0 spiro atoms. The average Bonchev–Trinajstić information content (AvgIpc) is 3.41. The van der Waals surface area contributed by atoms with Crippen molar-refractivity contribution >= 4 is 23.1 Å². The van der Waals surface area contributed by atoms with Gasteiger partial charge >= 0.3 is 0 Å². The van der Waals surface area contributed by atoms with E-state index in [0.29, 0.717) is 24.1 Å². The molecular formula is C22H19N5O5. The molecular weight excluding hydrogens is 414 g/mol. The predicted molar refractivity (Wildman–Crippen MR) is 113 cm³/mol. The normalized spacial score (nSPS) is 17.6. The molecule has 1 saturated heterocycles. The number of aromatic nitrogens is 3. The van der Waals surface area contributed by atoms with Crippen molar-refractivity contribution in [1.29, 1.82) is 0 Å². The van der Waals surface area contributed by atoms with Crippen LogP contribution < -0.4 is 0 Å². The van der Waals surface area contributed by atoms with Crippen molar-refractivity contribution in [1.82, 2.24) is 19.4 Å². The van der Waals surface area contributed by atoms with Gasteiger partial charge in [0.1, 0.15) is 5.76 Å². The maximum Gasteiger partial charge on any atom is 0.295 e. The van der Waals surface area contributed by atoms with E-state index in [1.807, 2.05) is 4.57 Å². The number of amides is 1. The number of rotatable bonds is 7.